The van der Waals surface area contributed by atoms with Crippen molar-refractivity contribution < 1.29 is 23.5 Å². The molecule has 0 radical (unpaired) electrons. The van der Waals surface area contributed by atoms with Crippen LogP contribution in [0.4, 0.5) is 4.79 Å². The molecule has 2 aliphatic heterocycles. The molecule has 0 bridgehead atoms. The van der Waals surface area contributed by atoms with Crippen LogP contribution < -0.4 is 15.4 Å². The normalized spacial score (nSPS) is 19.4. The molecule has 11 nitrogen and oxygen atoms in total. The standard InChI is InChI=1S/C23H18N6O5/c1-33-14-3-2-12-10-29(20(30)15(12)6-14)11-23(21(31)27-22(32)28-23)18-7-16-17(34-18)4-5-24-19(16)13-8-25-26-9-13/h2-9H,10-11H2,1H3,(H,25,26)(H2,27,28,31,32)/t23-/m0/s1. The number of urea groups is 1. The molecule has 0 aliphatic carbocycles. The van der Waals surface area contributed by atoms with E-state index in [1.807, 2.05) is 6.07 Å². The number of carbonyl (C=O) groups is 3. The van der Waals surface area contributed by atoms with Crippen molar-refractivity contribution in [2.75, 3.05) is 13.7 Å². The highest BCUT2D eigenvalue weighted by atomic mass is 16.5. The number of fused-ring (bicyclic) bond motifs is 2. The second kappa shape index (κ2) is 7.17. The third-order valence-corrected chi connectivity index (χ3v) is 6.20. The Morgan fingerprint density at radius 3 is 2.82 bits per heavy atom. The van der Waals surface area contributed by atoms with Gasteiger partial charge in [0.25, 0.3) is 11.8 Å². The van der Waals surface area contributed by atoms with Crippen molar-refractivity contribution >= 4 is 28.8 Å². The molecule has 1 aromatic carbocycles. The zero-order chi connectivity index (χ0) is 23.4. The third kappa shape index (κ3) is 2.86. The van der Waals surface area contributed by atoms with E-state index >= 15 is 0 Å². The molecule has 2 aliphatic rings. The van der Waals surface area contributed by atoms with E-state index in [4.69, 9.17) is 9.15 Å². The van der Waals surface area contributed by atoms with Gasteiger partial charge in [0.1, 0.15) is 17.1 Å². The molecular weight excluding hydrogens is 440 g/mol. The lowest BCUT2D eigenvalue weighted by Crippen LogP contribution is -2.52. The van der Waals surface area contributed by atoms with Crippen LogP contribution in [0.5, 0.6) is 5.75 Å². The van der Waals surface area contributed by atoms with Gasteiger partial charge in [-0.05, 0) is 29.8 Å². The van der Waals surface area contributed by atoms with Gasteiger partial charge in [0.05, 0.1) is 25.5 Å². The SMILES string of the molecule is COc1ccc2c(c1)C(=O)N(C[C@@]1(c3cc4c(-c5cn[nH]c5)nccc4o3)NC(=O)NC1=O)C2. The van der Waals surface area contributed by atoms with Crippen molar-refractivity contribution in [1.29, 1.82) is 0 Å². The Bertz CT molecular complexity index is 1480. The first kappa shape index (κ1) is 20.0. The van der Waals surface area contributed by atoms with Crippen LogP contribution in [0.15, 0.2) is 53.3 Å². The summed E-state index contributed by atoms with van der Waals surface area (Å²) in [5.41, 5.74) is 1.53. The summed E-state index contributed by atoms with van der Waals surface area (Å²) in [5.74, 6) is -0.105. The number of aromatic amines is 1. The predicted octanol–water partition coefficient (Wildman–Crippen LogP) is 1.92. The number of hydrogen-bond donors (Lipinski definition) is 3. The number of H-pyrrole nitrogens is 1. The molecule has 1 saturated heterocycles. The van der Waals surface area contributed by atoms with Gasteiger partial charge in [-0.3, -0.25) is 25.0 Å². The lowest BCUT2D eigenvalue weighted by Gasteiger charge is -2.29. The Balaban J connectivity index is 1.43. The summed E-state index contributed by atoms with van der Waals surface area (Å²) in [6.07, 6.45) is 4.91. The highest BCUT2D eigenvalue weighted by Gasteiger charge is 2.53. The van der Waals surface area contributed by atoms with Gasteiger partial charge in [0.15, 0.2) is 5.54 Å². The Kier molecular flexibility index (Phi) is 4.21. The number of pyridine rings is 1. The molecule has 0 saturated carbocycles. The minimum absolute atomic E-state index is 0.116. The van der Waals surface area contributed by atoms with Gasteiger partial charge in [-0.2, -0.15) is 5.10 Å². The predicted molar refractivity (Wildman–Crippen MR) is 118 cm³/mol. The van der Waals surface area contributed by atoms with Crippen molar-refractivity contribution in [3.63, 3.8) is 0 Å². The minimum atomic E-state index is -1.61. The number of furan rings is 1. The van der Waals surface area contributed by atoms with E-state index in [1.54, 1.807) is 42.9 Å². The maximum Gasteiger partial charge on any atom is 0.322 e. The number of methoxy groups -OCH3 is 1. The number of nitrogens with one attached hydrogen (secondary N) is 3. The van der Waals surface area contributed by atoms with Crippen LogP contribution in [0.1, 0.15) is 21.7 Å². The van der Waals surface area contributed by atoms with Gasteiger partial charge in [-0.25, -0.2) is 4.79 Å². The van der Waals surface area contributed by atoms with Crippen LogP contribution in [-0.4, -0.2) is 51.6 Å². The lowest BCUT2D eigenvalue weighted by atomic mass is 9.95. The van der Waals surface area contributed by atoms with Crippen molar-refractivity contribution in [2.24, 2.45) is 0 Å². The molecule has 0 unspecified atom stereocenters. The Labute approximate surface area is 192 Å². The number of benzene rings is 1. The number of ether oxygens (including phenoxy) is 1. The van der Waals surface area contributed by atoms with E-state index in [-0.39, 0.29) is 24.8 Å². The first-order valence-electron chi connectivity index (χ1n) is 10.5. The zero-order valence-corrected chi connectivity index (χ0v) is 17.9. The Morgan fingerprint density at radius 2 is 2.09 bits per heavy atom. The molecule has 3 N–H and O–H groups in total. The first-order chi connectivity index (χ1) is 16.5. The van der Waals surface area contributed by atoms with Gasteiger partial charge in [0.2, 0.25) is 0 Å². The molecule has 3 aromatic heterocycles. The fraction of sp³-hybridized carbons (Fsp3) is 0.174. The third-order valence-electron chi connectivity index (χ3n) is 6.20. The summed E-state index contributed by atoms with van der Waals surface area (Å²) < 4.78 is 11.3. The van der Waals surface area contributed by atoms with Crippen LogP contribution in [0.2, 0.25) is 0 Å². The van der Waals surface area contributed by atoms with E-state index < -0.39 is 17.5 Å². The van der Waals surface area contributed by atoms with Gasteiger partial charge < -0.3 is 19.4 Å². The first-order valence-corrected chi connectivity index (χ1v) is 10.5. The fourth-order valence-electron chi connectivity index (χ4n) is 4.52. The van der Waals surface area contributed by atoms with Crippen LogP contribution in [0.3, 0.4) is 0 Å². The number of aromatic nitrogens is 3. The van der Waals surface area contributed by atoms with Gasteiger partial charge in [0, 0.05) is 35.5 Å². The van der Waals surface area contributed by atoms with E-state index in [0.29, 0.717) is 28.0 Å². The second-order valence-electron chi connectivity index (χ2n) is 8.17. The largest absolute Gasteiger partial charge is 0.497 e. The molecule has 4 amide bonds. The quantitative estimate of drug-likeness (QED) is 0.388. The maximum absolute atomic E-state index is 13.2. The molecule has 11 heteroatoms. The van der Waals surface area contributed by atoms with Crippen molar-refractivity contribution in [2.45, 2.75) is 12.1 Å². The van der Waals surface area contributed by atoms with Crippen LogP contribution >= 0.6 is 0 Å². The maximum atomic E-state index is 13.2. The molecule has 1 fully saturated rings. The minimum Gasteiger partial charge on any atom is -0.497 e. The summed E-state index contributed by atoms with van der Waals surface area (Å²) >= 11 is 0. The average Bonchev–Trinajstić information content (AvgIpc) is 3.61. The van der Waals surface area contributed by atoms with E-state index in [0.717, 1.165) is 11.1 Å². The molecule has 4 aromatic rings. The summed E-state index contributed by atoms with van der Waals surface area (Å²) in [6, 6.07) is 7.95. The van der Waals surface area contributed by atoms with Crippen LogP contribution in [0.25, 0.3) is 22.2 Å². The Hall–Kier alpha value is -4.67. The topological polar surface area (TPSA) is 142 Å². The van der Waals surface area contributed by atoms with Crippen LogP contribution in [-0.2, 0) is 16.9 Å². The number of nitrogens with zero attached hydrogens (tertiary/aromatic N) is 3. The van der Waals surface area contributed by atoms with Gasteiger partial charge in [-0.1, -0.05) is 6.07 Å². The number of amides is 4. The summed E-state index contributed by atoms with van der Waals surface area (Å²) in [5, 5.41) is 12.3. The smallest absolute Gasteiger partial charge is 0.322 e. The number of imide groups is 1. The molecule has 5 heterocycles. The fourth-order valence-corrected chi connectivity index (χ4v) is 4.52. The zero-order valence-electron chi connectivity index (χ0n) is 17.9. The number of carbonyl (C=O) groups excluding carboxylic acids is 3. The highest BCUT2D eigenvalue weighted by Crippen LogP contribution is 2.37. The summed E-state index contributed by atoms with van der Waals surface area (Å²) in [6.45, 7) is 0.166. The van der Waals surface area contributed by atoms with Crippen molar-refractivity contribution in [3.05, 3.63) is 65.8 Å². The number of rotatable bonds is 5. The molecule has 1 atom stereocenters. The average molecular weight is 458 g/mol. The Morgan fingerprint density at radius 1 is 1.21 bits per heavy atom. The van der Waals surface area contributed by atoms with Crippen molar-refractivity contribution in [3.8, 4) is 17.0 Å². The second-order valence-corrected chi connectivity index (χ2v) is 8.17. The molecule has 0 spiro atoms. The highest BCUT2D eigenvalue weighted by molar-refractivity contribution is 6.08. The molecule has 34 heavy (non-hydrogen) atoms. The van der Waals surface area contributed by atoms with Crippen LogP contribution in [0, 0.1) is 0 Å². The van der Waals surface area contributed by atoms with Gasteiger partial charge >= 0.3 is 6.03 Å². The van der Waals surface area contributed by atoms with E-state index in [1.165, 1.54) is 12.0 Å². The number of hydrogen-bond acceptors (Lipinski definition) is 7. The van der Waals surface area contributed by atoms with Crippen molar-refractivity contribution in [1.82, 2.24) is 30.7 Å². The van der Waals surface area contributed by atoms with E-state index in [9.17, 15) is 14.4 Å². The summed E-state index contributed by atoms with van der Waals surface area (Å²) in [4.78, 5) is 44.5. The van der Waals surface area contributed by atoms with Gasteiger partial charge in [-0.15, -0.1) is 0 Å². The van der Waals surface area contributed by atoms with E-state index in [2.05, 4.69) is 25.8 Å². The molecular formula is C23H18N6O5. The summed E-state index contributed by atoms with van der Waals surface area (Å²) in [7, 11) is 1.53. The lowest BCUT2D eigenvalue weighted by molar-refractivity contribution is -0.125. The molecule has 6 rings (SSSR count). The monoisotopic (exact) mass is 458 g/mol. The molecule has 170 valence electrons.